The molecular weight excluding hydrogens is 262 g/mol. The van der Waals surface area contributed by atoms with E-state index in [0.29, 0.717) is 32.1 Å². The van der Waals surface area contributed by atoms with Crippen LogP contribution >= 0.6 is 0 Å². The van der Waals surface area contributed by atoms with Gasteiger partial charge in [-0.2, -0.15) is 0 Å². The summed E-state index contributed by atoms with van der Waals surface area (Å²) < 4.78 is 38.3. The van der Waals surface area contributed by atoms with E-state index in [9.17, 15) is 8.78 Å². The van der Waals surface area contributed by atoms with Crippen molar-refractivity contribution in [1.29, 1.82) is 0 Å². The molecule has 0 aliphatic rings. The van der Waals surface area contributed by atoms with Gasteiger partial charge in [0.1, 0.15) is 6.61 Å². The van der Waals surface area contributed by atoms with Crippen LogP contribution < -0.4 is 10.6 Å². The number of anilines is 1. The van der Waals surface area contributed by atoms with Gasteiger partial charge in [-0.15, -0.1) is 5.10 Å². The molecule has 1 heterocycles. The van der Waals surface area contributed by atoms with Gasteiger partial charge in [-0.05, 0) is 0 Å². The summed E-state index contributed by atoms with van der Waals surface area (Å²) >= 11 is 0. The Morgan fingerprint density at radius 3 is 2.84 bits per heavy atom. The minimum atomic E-state index is -2.45. The van der Waals surface area contributed by atoms with Crippen molar-refractivity contribution in [2.75, 3.05) is 45.3 Å². The van der Waals surface area contributed by atoms with Crippen LogP contribution in [0.25, 0.3) is 0 Å². The van der Waals surface area contributed by atoms with E-state index in [1.54, 1.807) is 7.11 Å². The lowest BCUT2D eigenvalue weighted by Gasteiger charge is -2.03. The van der Waals surface area contributed by atoms with Crippen LogP contribution in [0.3, 0.4) is 0 Å². The molecule has 0 atom stereocenters. The number of hydrogen-bond acceptors (Lipinski definition) is 7. The SMILES string of the molecule is COCCNCc1nnc(NCCOCC(F)F)o1. The zero-order chi connectivity index (χ0) is 13.9. The van der Waals surface area contributed by atoms with Crippen LogP contribution in [0.1, 0.15) is 5.89 Å². The Kier molecular flexibility index (Phi) is 7.94. The molecule has 0 bridgehead atoms. The standard InChI is InChI=1S/C10H18F2N4O3/c1-17-4-2-13-6-9-15-16-10(19-9)14-3-5-18-7-8(11)12/h8,13H,2-7H2,1H3,(H,14,16). The van der Waals surface area contributed by atoms with Gasteiger partial charge < -0.3 is 24.5 Å². The summed E-state index contributed by atoms with van der Waals surface area (Å²) in [6.45, 7) is 1.63. The molecule has 9 heteroatoms. The van der Waals surface area contributed by atoms with Gasteiger partial charge in [0.05, 0.1) is 19.8 Å². The minimum absolute atomic E-state index is 0.147. The van der Waals surface area contributed by atoms with Crippen molar-refractivity contribution in [3.05, 3.63) is 5.89 Å². The van der Waals surface area contributed by atoms with Crippen LogP contribution in [-0.2, 0) is 16.0 Å². The van der Waals surface area contributed by atoms with Crippen molar-refractivity contribution in [3.8, 4) is 0 Å². The van der Waals surface area contributed by atoms with Gasteiger partial charge in [-0.1, -0.05) is 5.10 Å². The Morgan fingerprint density at radius 2 is 2.11 bits per heavy atom. The molecule has 0 fully saturated rings. The molecular formula is C10H18F2N4O3. The van der Waals surface area contributed by atoms with Crippen molar-refractivity contribution in [2.24, 2.45) is 0 Å². The lowest BCUT2D eigenvalue weighted by Crippen LogP contribution is -2.18. The summed E-state index contributed by atoms with van der Waals surface area (Å²) in [5.74, 6) is 0.437. The Morgan fingerprint density at radius 1 is 1.26 bits per heavy atom. The first-order chi connectivity index (χ1) is 9.22. The summed E-state index contributed by atoms with van der Waals surface area (Å²) in [4.78, 5) is 0. The Labute approximate surface area is 109 Å². The van der Waals surface area contributed by atoms with E-state index in [-0.39, 0.29) is 12.6 Å². The lowest BCUT2D eigenvalue weighted by molar-refractivity contribution is 0.0214. The lowest BCUT2D eigenvalue weighted by atomic mass is 10.6. The molecule has 1 aromatic heterocycles. The summed E-state index contributed by atoms with van der Waals surface area (Å²) in [6, 6.07) is 0.240. The number of rotatable bonds is 11. The molecule has 1 rings (SSSR count). The topological polar surface area (TPSA) is 81.4 Å². The highest BCUT2D eigenvalue weighted by Crippen LogP contribution is 2.04. The molecule has 2 N–H and O–H groups in total. The largest absolute Gasteiger partial charge is 0.407 e. The molecule has 0 radical (unpaired) electrons. The van der Waals surface area contributed by atoms with Crippen LogP contribution in [0.4, 0.5) is 14.8 Å². The van der Waals surface area contributed by atoms with Gasteiger partial charge >= 0.3 is 6.01 Å². The van der Waals surface area contributed by atoms with Crippen molar-refractivity contribution < 1.29 is 22.7 Å². The number of aromatic nitrogens is 2. The monoisotopic (exact) mass is 280 g/mol. The van der Waals surface area contributed by atoms with E-state index in [2.05, 4.69) is 25.6 Å². The number of nitrogens with one attached hydrogen (secondary N) is 2. The third kappa shape index (κ3) is 7.65. The predicted molar refractivity (Wildman–Crippen MR) is 63.2 cm³/mol. The molecule has 0 spiro atoms. The minimum Gasteiger partial charge on any atom is -0.407 e. The Bertz CT molecular complexity index is 338. The zero-order valence-electron chi connectivity index (χ0n) is 10.7. The van der Waals surface area contributed by atoms with Crippen LogP contribution in [0, 0.1) is 0 Å². The first-order valence-electron chi connectivity index (χ1n) is 5.84. The van der Waals surface area contributed by atoms with Gasteiger partial charge in [0.15, 0.2) is 0 Å². The maximum atomic E-state index is 11.8. The number of alkyl halides is 2. The third-order valence-electron chi connectivity index (χ3n) is 1.99. The van der Waals surface area contributed by atoms with Gasteiger partial charge in [-0.25, -0.2) is 8.78 Å². The molecule has 110 valence electrons. The first kappa shape index (κ1) is 15.7. The molecule has 0 aliphatic heterocycles. The molecule has 0 amide bonds. The van der Waals surface area contributed by atoms with Gasteiger partial charge in [0, 0.05) is 20.2 Å². The van der Waals surface area contributed by atoms with E-state index in [1.165, 1.54) is 0 Å². The Balaban J connectivity index is 2.09. The van der Waals surface area contributed by atoms with E-state index >= 15 is 0 Å². The fourth-order valence-electron chi connectivity index (χ4n) is 1.17. The molecule has 0 saturated carbocycles. The van der Waals surface area contributed by atoms with Gasteiger partial charge in [0.2, 0.25) is 5.89 Å². The number of nitrogens with zero attached hydrogens (tertiary/aromatic N) is 2. The van der Waals surface area contributed by atoms with Crippen LogP contribution in [0.2, 0.25) is 0 Å². The first-order valence-corrected chi connectivity index (χ1v) is 5.84. The number of halogens is 2. The second kappa shape index (κ2) is 9.59. The number of ether oxygens (including phenoxy) is 2. The average Bonchev–Trinajstić information content (AvgIpc) is 2.82. The third-order valence-corrected chi connectivity index (χ3v) is 1.99. The second-order valence-corrected chi connectivity index (χ2v) is 3.56. The summed E-state index contributed by atoms with van der Waals surface area (Å²) in [5, 5.41) is 13.4. The molecule has 19 heavy (non-hydrogen) atoms. The average molecular weight is 280 g/mol. The van der Waals surface area contributed by atoms with Crippen molar-refractivity contribution in [3.63, 3.8) is 0 Å². The highest BCUT2D eigenvalue weighted by molar-refractivity contribution is 5.16. The summed E-state index contributed by atoms with van der Waals surface area (Å²) in [6.07, 6.45) is -2.45. The predicted octanol–water partition coefficient (Wildman–Crippen LogP) is 0.499. The molecule has 1 aromatic rings. The van der Waals surface area contributed by atoms with Gasteiger partial charge in [0.25, 0.3) is 6.43 Å². The highest BCUT2D eigenvalue weighted by Gasteiger charge is 2.05. The molecule has 0 aliphatic carbocycles. The molecule has 0 aromatic carbocycles. The normalized spacial score (nSPS) is 11.2. The maximum Gasteiger partial charge on any atom is 0.315 e. The van der Waals surface area contributed by atoms with Crippen molar-refractivity contribution in [2.45, 2.75) is 13.0 Å². The van der Waals surface area contributed by atoms with E-state index < -0.39 is 13.0 Å². The maximum absolute atomic E-state index is 11.8. The van der Waals surface area contributed by atoms with E-state index in [0.717, 1.165) is 0 Å². The molecule has 0 unspecified atom stereocenters. The fraction of sp³-hybridized carbons (Fsp3) is 0.800. The number of methoxy groups -OCH3 is 1. The number of hydrogen-bond donors (Lipinski definition) is 2. The van der Waals surface area contributed by atoms with Crippen molar-refractivity contribution in [1.82, 2.24) is 15.5 Å². The summed E-state index contributed by atoms with van der Waals surface area (Å²) in [5.41, 5.74) is 0. The quantitative estimate of drug-likeness (QED) is 0.571. The van der Waals surface area contributed by atoms with Crippen LogP contribution in [0.5, 0.6) is 0 Å². The van der Waals surface area contributed by atoms with Crippen LogP contribution in [0.15, 0.2) is 4.42 Å². The second-order valence-electron chi connectivity index (χ2n) is 3.56. The van der Waals surface area contributed by atoms with E-state index in [4.69, 9.17) is 9.15 Å². The highest BCUT2D eigenvalue weighted by atomic mass is 19.3. The molecule has 7 nitrogen and oxygen atoms in total. The van der Waals surface area contributed by atoms with E-state index in [1.807, 2.05) is 0 Å². The fourth-order valence-corrected chi connectivity index (χ4v) is 1.17. The van der Waals surface area contributed by atoms with Crippen LogP contribution in [-0.4, -0.2) is 56.6 Å². The smallest absolute Gasteiger partial charge is 0.315 e. The summed E-state index contributed by atoms with van der Waals surface area (Å²) in [7, 11) is 1.62. The van der Waals surface area contributed by atoms with Gasteiger partial charge in [-0.3, -0.25) is 0 Å². The molecule has 0 saturated heterocycles. The van der Waals surface area contributed by atoms with Crippen molar-refractivity contribution >= 4 is 6.01 Å². The zero-order valence-corrected chi connectivity index (χ0v) is 10.7. The Hall–Kier alpha value is -1.32.